The Labute approximate surface area is 74.9 Å². The number of carbonyl (C=O) groups excluding carboxylic acids is 1. The fraction of sp³-hybridized carbons (Fsp3) is 0.900. The Morgan fingerprint density at radius 1 is 1.42 bits per heavy atom. The molecule has 0 atom stereocenters. The summed E-state index contributed by atoms with van der Waals surface area (Å²) >= 11 is 0. The largest absolute Gasteiger partial charge is 0.299 e. The van der Waals surface area contributed by atoms with Crippen LogP contribution in [0.1, 0.15) is 40.0 Å². The highest BCUT2D eigenvalue weighted by molar-refractivity contribution is 5.77. The van der Waals surface area contributed by atoms with E-state index in [-0.39, 0.29) is 11.3 Å². The lowest BCUT2D eigenvalue weighted by atomic mass is 9.90. The molecule has 0 unspecified atom stereocenters. The molecule has 1 aliphatic rings. The van der Waals surface area contributed by atoms with E-state index in [1.165, 1.54) is 19.3 Å². The molecule has 0 radical (unpaired) electrons. The van der Waals surface area contributed by atoms with Crippen molar-refractivity contribution in [3.05, 3.63) is 0 Å². The van der Waals surface area contributed by atoms with Gasteiger partial charge < -0.3 is 0 Å². The van der Waals surface area contributed by atoms with Crippen LogP contribution in [0.5, 0.6) is 0 Å². The van der Waals surface area contributed by atoms with E-state index in [1.807, 2.05) is 0 Å². The second-order valence-electron chi connectivity index (χ2n) is 4.39. The average molecular weight is 169 g/mol. The third kappa shape index (κ3) is 2.31. The summed E-state index contributed by atoms with van der Waals surface area (Å²) in [6.07, 6.45) is 3.78. The van der Waals surface area contributed by atoms with Gasteiger partial charge in [-0.25, -0.2) is 0 Å². The molecule has 0 bridgehead atoms. The maximum atomic E-state index is 11.0. The molecule has 0 saturated carbocycles. The summed E-state index contributed by atoms with van der Waals surface area (Å²) < 4.78 is 0. The number of ketones is 1. The van der Waals surface area contributed by atoms with Crippen LogP contribution in [0.4, 0.5) is 0 Å². The van der Waals surface area contributed by atoms with Crippen molar-refractivity contribution in [1.29, 1.82) is 0 Å². The molecule has 1 aliphatic heterocycles. The van der Waals surface area contributed by atoms with Gasteiger partial charge in [0.15, 0.2) is 0 Å². The Hall–Kier alpha value is -0.370. The molecule has 0 amide bonds. The minimum absolute atomic E-state index is 0.240. The van der Waals surface area contributed by atoms with Gasteiger partial charge in [0.2, 0.25) is 0 Å². The van der Waals surface area contributed by atoms with Gasteiger partial charge in [-0.05, 0) is 40.2 Å². The molecular weight excluding hydrogens is 150 g/mol. The molecule has 1 saturated heterocycles. The van der Waals surface area contributed by atoms with Crippen LogP contribution >= 0.6 is 0 Å². The predicted octanol–water partition coefficient (Wildman–Crippen LogP) is 1.84. The van der Waals surface area contributed by atoms with Crippen molar-refractivity contribution in [2.24, 2.45) is 0 Å². The summed E-state index contributed by atoms with van der Waals surface area (Å²) in [4.78, 5) is 13.3. The van der Waals surface area contributed by atoms with Gasteiger partial charge in [0.05, 0.1) is 6.54 Å². The second kappa shape index (κ2) is 3.56. The first-order valence-electron chi connectivity index (χ1n) is 4.77. The van der Waals surface area contributed by atoms with Crippen LogP contribution in [-0.4, -0.2) is 29.3 Å². The van der Waals surface area contributed by atoms with Crippen molar-refractivity contribution < 1.29 is 4.79 Å². The van der Waals surface area contributed by atoms with E-state index >= 15 is 0 Å². The van der Waals surface area contributed by atoms with Gasteiger partial charge in [0, 0.05) is 5.54 Å². The fourth-order valence-electron chi connectivity index (χ4n) is 1.88. The van der Waals surface area contributed by atoms with E-state index in [0.717, 1.165) is 6.54 Å². The summed E-state index contributed by atoms with van der Waals surface area (Å²) in [5, 5.41) is 0. The van der Waals surface area contributed by atoms with Crippen molar-refractivity contribution in [2.75, 3.05) is 13.1 Å². The van der Waals surface area contributed by atoms with E-state index in [1.54, 1.807) is 6.92 Å². The highest BCUT2D eigenvalue weighted by atomic mass is 16.1. The van der Waals surface area contributed by atoms with Gasteiger partial charge in [0.25, 0.3) is 0 Å². The van der Waals surface area contributed by atoms with E-state index in [0.29, 0.717) is 6.54 Å². The third-order valence-electron chi connectivity index (χ3n) is 2.74. The Balaban J connectivity index is 2.54. The van der Waals surface area contributed by atoms with Crippen LogP contribution in [0.15, 0.2) is 0 Å². The molecule has 0 N–H and O–H groups in total. The zero-order valence-corrected chi connectivity index (χ0v) is 8.39. The second-order valence-corrected chi connectivity index (χ2v) is 4.39. The lowest BCUT2D eigenvalue weighted by molar-refractivity contribution is -0.120. The SMILES string of the molecule is CC(=O)CN1CCCCC1(C)C. The maximum Gasteiger partial charge on any atom is 0.143 e. The Morgan fingerprint density at radius 2 is 2.08 bits per heavy atom. The highest BCUT2D eigenvalue weighted by Crippen LogP contribution is 2.26. The highest BCUT2D eigenvalue weighted by Gasteiger charge is 2.29. The summed E-state index contributed by atoms with van der Waals surface area (Å²) in [5.41, 5.74) is 0.240. The van der Waals surface area contributed by atoms with Gasteiger partial charge >= 0.3 is 0 Å². The van der Waals surface area contributed by atoms with Crippen molar-refractivity contribution >= 4 is 5.78 Å². The number of nitrogens with zero attached hydrogens (tertiary/aromatic N) is 1. The molecule has 0 spiro atoms. The maximum absolute atomic E-state index is 11.0. The van der Waals surface area contributed by atoms with E-state index in [9.17, 15) is 4.79 Å². The van der Waals surface area contributed by atoms with E-state index in [4.69, 9.17) is 0 Å². The number of Topliss-reactive ketones (excluding diaryl/α,β-unsaturated/α-hetero) is 1. The molecule has 1 heterocycles. The standard InChI is InChI=1S/C10H19NO/c1-9(12)8-11-7-5-4-6-10(11,2)3/h4-8H2,1-3H3. The quantitative estimate of drug-likeness (QED) is 0.628. The number of carbonyl (C=O) groups is 1. The van der Waals surface area contributed by atoms with Gasteiger partial charge in [-0.1, -0.05) is 6.42 Å². The number of hydrogen-bond donors (Lipinski definition) is 0. The fourth-order valence-corrected chi connectivity index (χ4v) is 1.88. The van der Waals surface area contributed by atoms with Crippen LogP contribution in [0, 0.1) is 0 Å². The molecule has 1 fully saturated rings. The van der Waals surface area contributed by atoms with Crippen LogP contribution < -0.4 is 0 Å². The first kappa shape index (κ1) is 9.72. The van der Waals surface area contributed by atoms with E-state index in [2.05, 4.69) is 18.7 Å². The summed E-state index contributed by atoms with van der Waals surface area (Å²) in [6.45, 7) is 7.86. The average Bonchev–Trinajstić information content (AvgIpc) is 1.92. The normalized spacial score (nSPS) is 23.9. The van der Waals surface area contributed by atoms with Gasteiger partial charge in [0.1, 0.15) is 5.78 Å². The molecule has 12 heavy (non-hydrogen) atoms. The third-order valence-corrected chi connectivity index (χ3v) is 2.74. The molecule has 70 valence electrons. The molecule has 0 aromatic carbocycles. The first-order chi connectivity index (χ1) is 5.52. The van der Waals surface area contributed by atoms with Crippen molar-refractivity contribution in [2.45, 2.75) is 45.6 Å². The van der Waals surface area contributed by atoms with Crippen LogP contribution in [0.3, 0.4) is 0 Å². The molecule has 2 heteroatoms. The smallest absolute Gasteiger partial charge is 0.143 e. The first-order valence-corrected chi connectivity index (χ1v) is 4.77. The predicted molar refractivity (Wildman–Crippen MR) is 50.2 cm³/mol. The summed E-state index contributed by atoms with van der Waals surface area (Å²) in [7, 11) is 0. The minimum atomic E-state index is 0.240. The topological polar surface area (TPSA) is 20.3 Å². The van der Waals surface area contributed by atoms with Gasteiger partial charge in [-0.2, -0.15) is 0 Å². The van der Waals surface area contributed by atoms with E-state index < -0.39 is 0 Å². The Kier molecular flexibility index (Phi) is 2.89. The zero-order chi connectivity index (χ0) is 9.19. The number of piperidine rings is 1. The number of likely N-dealkylation sites (tertiary alicyclic amines) is 1. The van der Waals surface area contributed by atoms with Crippen molar-refractivity contribution in [3.63, 3.8) is 0 Å². The molecule has 0 aromatic heterocycles. The number of rotatable bonds is 2. The van der Waals surface area contributed by atoms with Crippen LogP contribution in [-0.2, 0) is 4.79 Å². The zero-order valence-electron chi connectivity index (χ0n) is 8.39. The summed E-state index contributed by atoms with van der Waals surface area (Å²) in [6, 6.07) is 0. The summed E-state index contributed by atoms with van der Waals surface area (Å²) in [5.74, 6) is 0.282. The molecule has 0 aliphatic carbocycles. The van der Waals surface area contributed by atoms with Gasteiger partial charge in [-0.3, -0.25) is 9.69 Å². The molecule has 2 nitrogen and oxygen atoms in total. The Bertz CT molecular complexity index is 175. The molecular formula is C10H19NO. The van der Waals surface area contributed by atoms with Crippen molar-refractivity contribution in [3.8, 4) is 0 Å². The van der Waals surface area contributed by atoms with Gasteiger partial charge in [-0.15, -0.1) is 0 Å². The van der Waals surface area contributed by atoms with Crippen molar-refractivity contribution in [1.82, 2.24) is 4.90 Å². The lowest BCUT2D eigenvalue weighted by Crippen LogP contribution is -2.49. The molecule has 0 aromatic rings. The lowest BCUT2D eigenvalue weighted by Gasteiger charge is -2.41. The minimum Gasteiger partial charge on any atom is -0.299 e. The van der Waals surface area contributed by atoms with Crippen LogP contribution in [0.2, 0.25) is 0 Å². The number of hydrogen-bond acceptors (Lipinski definition) is 2. The molecule has 1 rings (SSSR count). The van der Waals surface area contributed by atoms with Crippen LogP contribution in [0.25, 0.3) is 0 Å². The monoisotopic (exact) mass is 169 g/mol. The Morgan fingerprint density at radius 3 is 2.58 bits per heavy atom.